The molecule has 3 N–H and O–H groups in total. The zero-order chi connectivity index (χ0) is 26.6. The number of urea groups is 1. The van der Waals surface area contributed by atoms with Gasteiger partial charge in [0.25, 0.3) is 5.91 Å². The van der Waals surface area contributed by atoms with Crippen molar-refractivity contribution in [1.29, 1.82) is 0 Å². The number of hydrogen-bond donors (Lipinski definition) is 2. The number of aliphatic hydroxyl groups is 1. The molecular weight excluding hydrogens is 474 g/mol. The number of fused-ring (bicyclic) bond motifs is 1. The lowest BCUT2D eigenvalue weighted by molar-refractivity contribution is -0.151. The molecule has 2 aromatic rings. The molecule has 1 aromatic carbocycles. The number of hydrazine groups is 1. The topological polar surface area (TPSA) is 132 Å². The van der Waals surface area contributed by atoms with Gasteiger partial charge in [-0.3, -0.25) is 19.6 Å². The number of imide groups is 1. The molecule has 2 atom stereocenters. The van der Waals surface area contributed by atoms with Gasteiger partial charge in [0.15, 0.2) is 11.7 Å². The molecular formula is C26H37N7O4. The van der Waals surface area contributed by atoms with Crippen LogP contribution >= 0.6 is 0 Å². The molecule has 0 spiro atoms. The van der Waals surface area contributed by atoms with E-state index < -0.39 is 11.7 Å². The highest BCUT2D eigenvalue weighted by atomic mass is 16.3. The lowest BCUT2D eigenvalue weighted by Crippen LogP contribution is -2.74. The van der Waals surface area contributed by atoms with Gasteiger partial charge in [-0.05, 0) is 37.0 Å². The maximum atomic E-state index is 14.0. The molecule has 1 aromatic heterocycles. The van der Waals surface area contributed by atoms with E-state index in [1.807, 2.05) is 55.1 Å². The molecule has 3 amide bonds. The lowest BCUT2D eigenvalue weighted by atomic mass is 9.91. The molecule has 4 rings (SSSR count). The second-order valence-electron chi connectivity index (χ2n) is 9.30. The number of nitrogens with zero attached hydrogens (tertiary/aromatic N) is 6. The first-order chi connectivity index (χ1) is 17.9. The second-order valence-corrected chi connectivity index (χ2v) is 9.30. The van der Waals surface area contributed by atoms with E-state index in [-0.39, 0.29) is 25.0 Å². The average Bonchev–Trinajstić information content (AvgIpc) is 3.53. The summed E-state index contributed by atoms with van der Waals surface area (Å²) in [7, 11) is 0. The van der Waals surface area contributed by atoms with Crippen LogP contribution in [0.3, 0.4) is 0 Å². The number of aliphatic hydroxyl groups excluding tert-OH is 1. The van der Waals surface area contributed by atoms with Crippen molar-refractivity contribution in [3.05, 3.63) is 48.2 Å². The Labute approximate surface area is 217 Å². The number of amidine groups is 1. The molecule has 11 nitrogen and oxygen atoms in total. The molecule has 37 heavy (non-hydrogen) atoms. The van der Waals surface area contributed by atoms with Crippen molar-refractivity contribution in [2.45, 2.75) is 58.2 Å². The summed E-state index contributed by atoms with van der Waals surface area (Å²) in [6.07, 6.45) is 5.01. The Morgan fingerprint density at radius 1 is 1.16 bits per heavy atom. The maximum Gasteiger partial charge on any atom is 0.328 e. The van der Waals surface area contributed by atoms with Crippen molar-refractivity contribution in [3.63, 3.8) is 0 Å². The molecule has 0 radical (unpaired) electrons. The first-order valence-electron chi connectivity index (χ1n) is 13.0. The molecule has 200 valence electrons. The predicted octanol–water partition coefficient (Wildman–Crippen LogP) is 2.13. The van der Waals surface area contributed by atoms with Crippen LogP contribution in [0, 0.1) is 0 Å². The van der Waals surface area contributed by atoms with E-state index in [2.05, 4.69) is 4.98 Å². The molecule has 1 fully saturated rings. The number of benzene rings is 1. The van der Waals surface area contributed by atoms with E-state index in [1.165, 1.54) is 11.2 Å². The average molecular weight is 512 g/mol. The van der Waals surface area contributed by atoms with Crippen LogP contribution in [0.2, 0.25) is 0 Å². The smallest absolute Gasteiger partial charge is 0.328 e. The lowest BCUT2D eigenvalue weighted by Gasteiger charge is -2.51. The van der Waals surface area contributed by atoms with Crippen LogP contribution in [0.1, 0.15) is 45.1 Å². The van der Waals surface area contributed by atoms with Crippen LogP contribution in [-0.2, 0) is 17.6 Å². The van der Waals surface area contributed by atoms with E-state index >= 15 is 0 Å². The van der Waals surface area contributed by atoms with Crippen LogP contribution in [-0.4, -0.2) is 92.2 Å². The highest BCUT2D eigenvalue weighted by Gasteiger charge is 2.62. The van der Waals surface area contributed by atoms with Crippen molar-refractivity contribution in [2.75, 3.05) is 38.5 Å². The van der Waals surface area contributed by atoms with Crippen molar-refractivity contribution < 1.29 is 19.1 Å². The first-order valence-corrected chi connectivity index (χ1v) is 13.0. The number of carbonyl (C=O) groups is 2. The van der Waals surface area contributed by atoms with Crippen LogP contribution in [0.15, 0.2) is 46.1 Å². The minimum absolute atomic E-state index is 0.0882. The third kappa shape index (κ3) is 4.93. The molecule has 0 aliphatic carbocycles. The molecule has 1 saturated heterocycles. The number of carbonyl (C=O) groups excluding carboxylic acids is 2. The molecule has 0 bridgehead atoms. The van der Waals surface area contributed by atoms with Gasteiger partial charge in [-0.1, -0.05) is 32.9 Å². The van der Waals surface area contributed by atoms with Crippen molar-refractivity contribution in [1.82, 2.24) is 24.8 Å². The summed E-state index contributed by atoms with van der Waals surface area (Å²) in [6.45, 7) is 7.34. The predicted molar refractivity (Wildman–Crippen MR) is 139 cm³/mol. The minimum atomic E-state index is -1.10. The van der Waals surface area contributed by atoms with Gasteiger partial charge < -0.3 is 15.3 Å². The van der Waals surface area contributed by atoms with Gasteiger partial charge >= 0.3 is 6.03 Å². The summed E-state index contributed by atoms with van der Waals surface area (Å²) in [5.74, 6) is 0.771. The van der Waals surface area contributed by atoms with Gasteiger partial charge in [0.1, 0.15) is 12.1 Å². The Kier molecular flexibility index (Phi) is 8.13. The molecule has 3 heterocycles. The maximum absolute atomic E-state index is 14.0. The zero-order valence-corrected chi connectivity index (χ0v) is 21.8. The van der Waals surface area contributed by atoms with Crippen molar-refractivity contribution in [2.24, 2.45) is 4.99 Å². The molecule has 2 aliphatic heterocycles. The number of amides is 3. The van der Waals surface area contributed by atoms with E-state index in [1.54, 1.807) is 11.1 Å². The Bertz CT molecular complexity index is 1100. The van der Waals surface area contributed by atoms with E-state index in [0.29, 0.717) is 62.9 Å². The summed E-state index contributed by atoms with van der Waals surface area (Å²) in [4.78, 5) is 40.4. The van der Waals surface area contributed by atoms with Crippen molar-refractivity contribution >= 4 is 23.5 Å². The summed E-state index contributed by atoms with van der Waals surface area (Å²) >= 11 is 0. The van der Waals surface area contributed by atoms with Gasteiger partial charge in [0, 0.05) is 31.9 Å². The summed E-state index contributed by atoms with van der Waals surface area (Å²) in [6, 6.07) is 6.50. The van der Waals surface area contributed by atoms with E-state index in [9.17, 15) is 14.7 Å². The fraction of sp³-hybridized carbons (Fsp3) is 0.538. The Hall–Kier alpha value is -3.44. The monoisotopic (exact) mass is 511 g/mol. The third-order valence-electron chi connectivity index (χ3n) is 7.09. The number of aromatic nitrogens is 1. The summed E-state index contributed by atoms with van der Waals surface area (Å²) in [5.41, 5.74) is 6.47. The standard InChI is InChI=1S/C26H37N7O4/c1-4-13-31-24(35)23-26(5-2,32(25(31)36)14-11-19-7-9-20(27)10-8-19)29-21(18-22-28-12-17-37-22)33(23)30(6-3)15-16-34/h7-10,12,17,23,34H,4-6,11,13-16,18,27H2,1-3H3. The summed E-state index contributed by atoms with van der Waals surface area (Å²) < 4.78 is 5.51. The van der Waals surface area contributed by atoms with Gasteiger partial charge in [-0.25, -0.2) is 19.8 Å². The number of hydrogen-bond acceptors (Lipinski definition) is 9. The van der Waals surface area contributed by atoms with Crippen LogP contribution in [0.4, 0.5) is 10.5 Å². The molecule has 0 saturated carbocycles. The van der Waals surface area contributed by atoms with Gasteiger partial charge in [0.05, 0.1) is 19.2 Å². The molecule has 2 aliphatic rings. The number of aliphatic imine (C=N–C) groups is 1. The highest BCUT2D eigenvalue weighted by Crippen LogP contribution is 2.41. The molecule has 2 unspecified atom stereocenters. The van der Waals surface area contributed by atoms with Crippen molar-refractivity contribution in [3.8, 4) is 0 Å². The van der Waals surface area contributed by atoms with Crippen LogP contribution in [0.25, 0.3) is 0 Å². The number of anilines is 1. The van der Waals surface area contributed by atoms with E-state index in [4.69, 9.17) is 15.1 Å². The van der Waals surface area contributed by atoms with Crippen LogP contribution < -0.4 is 5.73 Å². The largest absolute Gasteiger partial charge is 0.449 e. The van der Waals surface area contributed by atoms with Gasteiger partial charge in [-0.2, -0.15) is 0 Å². The summed E-state index contributed by atoms with van der Waals surface area (Å²) in [5, 5.41) is 13.6. The quantitative estimate of drug-likeness (QED) is 0.414. The van der Waals surface area contributed by atoms with Crippen LogP contribution in [0.5, 0.6) is 0 Å². The van der Waals surface area contributed by atoms with Gasteiger partial charge in [0.2, 0.25) is 5.89 Å². The zero-order valence-electron chi connectivity index (χ0n) is 21.8. The Balaban J connectivity index is 1.79. The third-order valence-corrected chi connectivity index (χ3v) is 7.09. The number of nitrogens with two attached hydrogens (primary N) is 1. The number of oxazole rings is 1. The number of nitrogen functional groups attached to an aromatic ring is 1. The number of rotatable bonds is 12. The highest BCUT2D eigenvalue weighted by molar-refractivity contribution is 6.05. The first kappa shape index (κ1) is 26.6. The SMILES string of the molecule is CCCN1C(=O)C2N(N(CC)CCO)C(Cc3ncco3)=NC2(CC)N(CCc2ccc(N)cc2)C1=O. The minimum Gasteiger partial charge on any atom is -0.449 e. The van der Waals surface area contributed by atoms with Gasteiger partial charge in [-0.15, -0.1) is 0 Å². The Morgan fingerprint density at radius 3 is 2.51 bits per heavy atom. The fourth-order valence-electron chi connectivity index (χ4n) is 5.31. The normalized spacial score (nSPS) is 21.7. The fourth-order valence-corrected chi connectivity index (χ4v) is 5.31. The number of likely N-dealkylation sites (N-methyl/N-ethyl adjacent to an activating group) is 1. The van der Waals surface area contributed by atoms with E-state index in [0.717, 1.165) is 5.56 Å². The molecule has 11 heteroatoms. The Morgan fingerprint density at radius 2 is 1.92 bits per heavy atom. The second kappa shape index (κ2) is 11.3.